The van der Waals surface area contributed by atoms with Gasteiger partial charge in [-0.2, -0.15) is 0 Å². The highest BCUT2D eigenvalue weighted by molar-refractivity contribution is 7.22. The first kappa shape index (κ1) is 18.9. The van der Waals surface area contributed by atoms with Crippen LogP contribution >= 0.6 is 22.9 Å². The lowest BCUT2D eigenvalue weighted by molar-refractivity contribution is 0.371. The Morgan fingerprint density at radius 2 is 2.21 bits per heavy atom. The summed E-state index contributed by atoms with van der Waals surface area (Å²) in [5.41, 5.74) is 2.00. The van der Waals surface area contributed by atoms with Crippen molar-refractivity contribution in [1.82, 2.24) is 14.9 Å². The standard InChI is InChI=1S/C21H22ClN3O3S/c1-28-16-4-2-3-13-12(16)6-5-11-10-23-15(18(11)13)7-8-25-20(26)14-9-17(22)29-19(14)24-21(25)27/h2-4,9,11,15,18,23H,5-8,10H2,1H3,(H,24,27). The number of methoxy groups -OCH3 is 1. The fourth-order valence-corrected chi connectivity index (χ4v) is 6.20. The van der Waals surface area contributed by atoms with E-state index in [4.69, 9.17) is 16.3 Å². The van der Waals surface area contributed by atoms with Crippen LogP contribution in [0.1, 0.15) is 29.9 Å². The molecule has 2 N–H and O–H groups in total. The largest absolute Gasteiger partial charge is 0.496 e. The van der Waals surface area contributed by atoms with E-state index in [1.165, 1.54) is 27.0 Å². The third-order valence-electron chi connectivity index (χ3n) is 6.40. The molecule has 0 radical (unpaired) electrons. The number of halogens is 1. The topological polar surface area (TPSA) is 76.1 Å². The Balaban J connectivity index is 1.44. The number of nitrogens with zero attached hydrogens (tertiary/aromatic N) is 1. The predicted molar refractivity (Wildman–Crippen MR) is 116 cm³/mol. The van der Waals surface area contributed by atoms with Crippen molar-refractivity contribution in [2.45, 2.75) is 37.8 Å². The van der Waals surface area contributed by atoms with E-state index >= 15 is 0 Å². The highest BCUT2D eigenvalue weighted by Gasteiger charge is 2.40. The molecule has 1 aromatic carbocycles. The molecule has 6 nitrogen and oxygen atoms in total. The van der Waals surface area contributed by atoms with E-state index in [2.05, 4.69) is 22.4 Å². The lowest BCUT2D eigenvalue weighted by Gasteiger charge is -2.32. The zero-order valence-electron chi connectivity index (χ0n) is 16.0. The highest BCUT2D eigenvalue weighted by Crippen LogP contribution is 2.45. The van der Waals surface area contributed by atoms with Crippen molar-refractivity contribution in [1.29, 1.82) is 0 Å². The van der Waals surface area contributed by atoms with Crippen LogP contribution in [0.15, 0.2) is 33.9 Å². The smallest absolute Gasteiger partial charge is 0.329 e. The molecule has 0 bridgehead atoms. The Labute approximate surface area is 176 Å². The first-order chi connectivity index (χ1) is 14.1. The van der Waals surface area contributed by atoms with Gasteiger partial charge in [-0.15, -0.1) is 11.3 Å². The van der Waals surface area contributed by atoms with Gasteiger partial charge in [-0.3, -0.25) is 14.3 Å². The molecule has 3 aromatic rings. The van der Waals surface area contributed by atoms with E-state index < -0.39 is 0 Å². The van der Waals surface area contributed by atoms with Crippen molar-refractivity contribution in [3.8, 4) is 5.75 Å². The number of nitrogens with one attached hydrogen (secondary N) is 2. The molecule has 2 aliphatic rings. The number of rotatable bonds is 4. The average molecular weight is 432 g/mol. The Bertz CT molecular complexity index is 1200. The van der Waals surface area contributed by atoms with Gasteiger partial charge in [-0.25, -0.2) is 4.79 Å². The van der Waals surface area contributed by atoms with Crippen LogP contribution in [0.2, 0.25) is 4.34 Å². The Kier molecular flexibility index (Phi) is 4.76. The van der Waals surface area contributed by atoms with Crippen LogP contribution in [-0.4, -0.2) is 29.2 Å². The summed E-state index contributed by atoms with van der Waals surface area (Å²) in [6, 6.07) is 8.13. The van der Waals surface area contributed by atoms with Crippen LogP contribution < -0.4 is 21.3 Å². The van der Waals surface area contributed by atoms with Crippen molar-refractivity contribution < 1.29 is 4.74 Å². The maximum atomic E-state index is 12.8. The third-order valence-corrected chi connectivity index (χ3v) is 7.58. The van der Waals surface area contributed by atoms with E-state index in [1.807, 2.05) is 6.07 Å². The first-order valence-corrected chi connectivity index (χ1v) is 11.1. The molecule has 1 saturated heterocycles. The van der Waals surface area contributed by atoms with Gasteiger partial charge in [-0.05, 0) is 55.0 Å². The molecule has 1 aliphatic heterocycles. The van der Waals surface area contributed by atoms with Gasteiger partial charge in [0.1, 0.15) is 10.6 Å². The Hall–Kier alpha value is -2.09. The summed E-state index contributed by atoms with van der Waals surface area (Å²) in [6.07, 6.45) is 2.87. The summed E-state index contributed by atoms with van der Waals surface area (Å²) in [7, 11) is 1.72. The second-order valence-corrected chi connectivity index (χ2v) is 9.52. The number of thiophene rings is 1. The van der Waals surface area contributed by atoms with Gasteiger partial charge >= 0.3 is 5.69 Å². The normalized spacial score (nSPS) is 23.2. The lowest BCUT2D eigenvalue weighted by atomic mass is 9.73. The number of aromatic amines is 1. The van der Waals surface area contributed by atoms with Gasteiger partial charge in [0.2, 0.25) is 0 Å². The van der Waals surface area contributed by atoms with Gasteiger partial charge in [0.25, 0.3) is 5.56 Å². The first-order valence-electron chi connectivity index (χ1n) is 9.88. The average Bonchev–Trinajstić information content (AvgIpc) is 3.30. The zero-order valence-corrected chi connectivity index (χ0v) is 17.6. The third kappa shape index (κ3) is 3.12. The Morgan fingerprint density at radius 3 is 3.03 bits per heavy atom. The number of fused-ring (bicyclic) bond motifs is 4. The SMILES string of the molecule is COc1cccc2c1CCC1CNC(CCn3c(=O)[nH]c4sc(Cl)cc4c3=O)C21. The number of ether oxygens (including phenoxy) is 1. The maximum absolute atomic E-state index is 12.8. The molecule has 0 spiro atoms. The van der Waals surface area contributed by atoms with E-state index in [0.29, 0.717) is 39.4 Å². The molecule has 1 aliphatic carbocycles. The summed E-state index contributed by atoms with van der Waals surface area (Å²) < 4.78 is 7.38. The molecule has 2 aromatic heterocycles. The fraction of sp³-hybridized carbons (Fsp3) is 0.429. The summed E-state index contributed by atoms with van der Waals surface area (Å²) in [4.78, 5) is 28.6. The highest BCUT2D eigenvalue weighted by atomic mass is 35.5. The molecule has 1 fully saturated rings. The van der Waals surface area contributed by atoms with Crippen LogP contribution in [0.25, 0.3) is 10.2 Å². The summed E-state index contributed by atoms with van der Waals surface area (Å²) in [6.45, 7) is 1.34. The quantitative estimate of drug-likeness (QED) is 0.665. The molecule has 152 valence electrons. The molecular weight excluding hydrogens is 410 g/mol. The van der Waals surface area contributed by atoms with Crippen molar-refractivity contribution in [2.24, 2.45) is 5.92 Å². The number of benzene rings is 1. The fourth-order valence-electron chi connectivity index (χ4n) is 5.09. The molecule has 5 rings (SSSR count). The van der Waals surface area contributed by atoms with E-state index in [1.54, 1.807) is 13.2 Å². The minimum Gasteiger partial charge on any atom is -0.496 e. The molecule has 29 heavy (non-hydrogen) atoms. The van der Waals surface area contributed by atoms with Crippen LogP contribution in [0, 0.1) is 5.92 Å². The minimum absolute atomic E-state index is 0.221. The van der Waals surface area contributed by atoms with E-state index in [0.717, 1.165) is 25.1 Å². The van der Waals surface area contributed by atoms with E-state index in [9.17, 15) is 9.59 Å². The number of H-pyrrole nitrogens is 1. The second-order valence-electron chi connectivity index (χ2n) is 7.84. The minimum atomic E-state index is -0.374. The Morgan fingerprint density at radius 1 is 1.34 bits per heavy atom. The molecule has 3 heterocycles. The van der Waals surface area contributed by atoms with Gasteiger partial charge in [0.05, 0.1) is 16.8 Å². The van der Waals surface area contributed by atoms with Crippen molar-refractivity contribution >= 4 is 33.2 Å². The van der Waals surface area contributed by atoms with Crippen LogP contribution in [0.3, 0.4) is 0 Å². The number of hydrogen-bond acceptors (Lipinski definition) is 5. The molecule has 3 unspecified atom stereocenters. The second kappa shape index (κ2) is 7.31. The number of aromatic nitrogens is 2. The van der Waals surface area contributed by atoms with Gasteiger partial charge in [-0.1, -0.05) is 23.7 Å². The van der Waals surface area contributed by atoms with Crippen molar-refractivity contribution in [3.63, 3.8) is 0 Å². The van der Waals surface area contributed by atoms with Crippen LogP contribution in [0.4, 0.5) is 0 Å². The molecule has 3 atom stereocenters. The maximum Gasteiger partial charge on any atom is 0.329 e. The van der Waals surface area contributed by atoms with Gasteiger partial charge in [0.15, 0.2) is 0 Å². The predicted octanol–water partition coefficient (Wildman–Crippen LogP) is 3.12. The number of hydrogen-bond donors (Lipinski definition) is 2. The summed E-state index contributed by atoms with van der Waals surface area (Å²) >= 11 is 7.23. The molecular formula is C21H22ClN3O3S. The van der Waals surface area contributed by atoms with Gasteiger partial charge < -0.3 is 10.1 Å². The monoisotopic (exact) mass is 431 g/mol. The molecule has 8 heteroatoms. The van der Waals surface area contributed by atoms with E-state index in [-0.39, 0.29) is 17.3 Å². The zero-order chi connectivity index (χ0) is 20.1. The van der Waals surface area contributed by atoms with Crippen LogP contribution in [0.5, 0.6) is 5.75 Å². The summed E-state index contributed by atoms with van der Waals surface area (Å²) in [5, 5.41) is 4.12. The van der Waals surface area contributed by atoms with Crippen LogP contribution in [-0.2, 0) is 13.0 Å². The molecule has 0 amide bonds. The van der Waals surface area contributed by atoms with Gasteiger partial charge in [0, 0.05) is 18.5 Å². The van der Waals surface area contributed by atoms with Crippen molar-refractivity contribution in [2.75, 3.05) is 13.7 Å². The lowest BCUT2D eigenvalue weighted by Crippen LogP contribution is -2.37. The van der Waals surface area contributed by atoms with Crippen molar-refractivity contribution in [3.05, 3.63) is 60.6 Å². The summed E-state index contributed by atoms with van der Waals surface area (Å²) in [5.74, 6) is 1.91. The molecule has 0 saturated carbocycles.